The Morgan fingerprint density at radius 1 is 1.21 bits per heavy atom. The van der Waals surface area contributed by atoms with E-state index in [0.717, 1.165) is 4.90 Å². The lowest BCUT2D eigenvalue weighted by atomic mass is 10.1. The minimum atomic E-state index is -2.80. The van der Waals surface area contributed by atoms with Gasteiger partial charge in [-0.3, -0.25) is 9.48 Å². The van der Waals surface area contributed by atoms with Gasteiger partial charge in [0.2, 0.25) is 0 Å². The number of nitrogens with zero attached hydrogens (tertiary/aromatic N) is 4. The molecule has 3 heterocycles. The summed E-state index contributed by atoms with van der Waals surface area (Å²) in [6.45, 7) is 5.34. The average Bonchev–Trinajstić information content (AvgIpc) is 2.84. The van der Waals surface area contributed by atoms with Crippen LogP contribution in [0.1, 0.15) is 37.0 Å². The van der Waals surface area contributed by atoms with E-state index in [-0.39, 0.29) is 12.2 Å². The highest BCUT2D eigenvalue weighted by molar-refractivity contribution is 5.93. The fraction of sp³-hybridized carbons (Fsp3) is 0.667. The molecule has 1 aromatic heterocycles. The summed E-state index contributed by atoms with van der Waals surface area (Å²) in [6, 6.07) is 1.55. The molecule has 0 radical (unpaired) electrons. The van der Waals surface area contributed by atoms with Gasteiger partial charge >= 0.3 is 6.09 Å². The van der Waals surface area contributed by atoms with Crippen LogP contribution < -0.4 is 0 Å². The molecule has 0 saturated carbocycles. The number of amides is 2. The van der Waals surface area contributed by atoms with Crippen LogP contribution >= 0.6 is 0 Å². The number of halogens is 2. The number of likely N-dealkylation sites (tertiary alicyclic amines) is 1. The largest absolute Gasteiger partial charge is 0.444 e. The van der Waals surface area contributed by atoms with E-state index in [0.29, 0.717) is 18.8 Å². The van der Waals surface area contributed by atoms with Crippen molar-refractivity contribution in [1.82, 2.24) is 19.6 Å². The van der Waals surface area contributed by atoms with Gasteiger partial charge in [0.1, 0.15) is 5.60 Å². The topological polar surface area (TPSA) is 67.7 Å². The number of alkyl halides is 2. The molecule has 3 rings (SSSR count). The zero-order valence-corrected chi connectivity index (χ0v) is 13.9. The van der Waals surface area contributed by atoms with Crippen molar-refractivity contribution in [2.75, 3.05) is 19.6 Å². The number of fused-ring (bicyclic) bond motifs is 1. The molecule has 0 atom stereocenters. The number of hydrogen-bond acceptors (Lipinski definition) is 4. The number of hydrogen-bond donors (Lipinski definition) is 0. The zero-order valence-electron chi connectivity index (χ0n) is 13.9. The maximum Gasteiger partial charge on any atom is 0.410 e. The lowest BCUT2D eigenvalue weighted by Gasteiger charge is -2.38. The molecule has 0 aromatic carbocycles. The summed E-state index contributed by atoms with van der Waals surface area (Å²) in [6.07, 6.45) is -0.426. The second-order valence-electron chi connectivity index (χ2n) is 7.16. The third kappa shape index (κ3) is 3.34. The minimum Gasteiger partial charge on any atom is -0.444 e. The van der Waals surface area contributed by atoms with E-state index < -0.39 is 36.6 Å². The van der Waals surface area contributed by atoms with Crippen molar-refractivity contribution in [3.8, 4) is 0 Å². The highest BCUT2D eigenvalue weighted by Crippen LogP contribution is 2.28. The third-order valence-electron chi connectivity index (χ3n) is 3.80. The van der Waals surface area contributed by atoms with Crippen molar-refractivity contribution in [2.45, 2.75) is 45.4 Å². The normalized spacial score (nSPS) is 19.5. The molecule has 2 aliphatic heterocycles. The van der Waals surface area contributed by atoms with Gasteiger partial charge in [-0.15, -0.1) is 0 Å². The maximum atomic E-state index is 12.9. The molecule has 24 heavy (non-hydrogen) atoms. The smallest absolute Gasteiger partial charge is 0.410 e. The van der Waals surface area contributed by atoms with Gasteiger partial charge in [0.25, 0.3) is 11.8 Å². The molecule has 2 amide bonds. The van der Waals surface area contributed by atoms with Gasteiger partial charge in [-0.1, -0.05) is 0 Å². The standard InChI is InChI=1S/C15H20F2N4O3/c1-14(2,3)24-13(23)19-4-5-21-10(7-19)6-11(18-21)12(22)20-8-15(16,17)9-20/h6H,4-5,7-9H2,1-3H3. The number of aromatic nitrogens is 2. The second-order valence-corrected chi connectivity index (χ2v) is 7.16. The number of carbonyl (C=O) groups is 2. The van der Waals surface area contributed by atoms with Crippen LogP contribution in [0.15, 0.2) is 6.07 Å². The summed E-state index contributed by atoms with van der Waals surface area (Å²) in [5.74, 6) is -3.31. The highest BCUT2D eigenvalue weighted by atomic mass is 19.3. The molecule has 132 valence electrons. The summed E-state index contributed by atoms with van der Waals surface area (Å²) in [4.78, 5) is 26.9. The second kappa shape index (κ2) is 5.42. The van der Waals surface area contributed by atoms with Crippen molar-refractivity contribution in [3.63, 3.8) is 0 Å². The van der Waals surface area contributed by atoms with Crippen molar-refractivity contribution in [3.05, 3.63) is 17.5 Å². The molecule has 0 spiro atoms. The Kier molecular flexibility index (Phi) is 3.76. The Morgan fingerprint density at radius 2 is 1.88 bits per heavy atom. The van der Waals surface area contributed by atoms with Gasteiger partial charge in [-0.05, 0) is 26.8 Å². The minimum absolute atomic E-state index is 0.131. The van der Waals surface area contributed by atoms with Crippen LogP contribution in [0.5, 0.6) is 0 Å². The molecule has 2 aliphatic rings. The van der Waals surface area contributed by atoms with Crippen LogP contribution in [0, 0.1) is 0 Å². The van der Waals surface area contributed by atoms with Crippen LogP contribution in [0.2, 0.25) is 0 Å². The lowest BCUT2D eigenvalue weighted by Crippen LogP contribution is -2.58. The monoisotopic (exact) mass is 342 g/mol. The van der Waals surface area contributed by atoms with E-state index in [1.165, 1.54) is 4.90 Å². The fourth-order valence-corrected chi connectivity index (χ4v) is 2.67. The van der Waals surface area contributed by atoms with Gasteiger partial charge in [-0.25, -0.2) is 13.6 Å². The Bertz CT molecular complexity index is 673. The fourth-order valence-electron chi connectivity index (χ4n) is 2.67. The first-order chi connectivity index (χ1) is 11.0. The summed E-state index contributed by atoms with van der Waals surface area (Å²) in [5, 5.41) is 4.17. The maximum absolute atomic E-state index is 12.9. The van der Waals surface area contributed by atoms with Crippen molar-refractivity contribution < 1.29 is 23.1 Å². The molecule has 7 nitrogen and oxygen atoms in total. The predicted molar refractivity (Wildman–Crippen MR) is 79.7 cm³/mol. The van der Waals surface area contributed by atoms with Crippen LogP contribution in [-0.2, 0) is 17.8 Å². The molecule has 0 bridgehead atoms. The van der Waals surface area contributed by atoms with Crippen LogP contribution in [-0.4, -0.2) is 62.7 Å². The van der Waals surface area contributed by atoms with E-state index in [1.54, 1.807) is 31.5 Å². The van der Waals surface area contributed by atoms with Gasteiger partial charge in [0.15, 0.2) is 5.69 Å². The van der Waals surface area contributed by atoms with Crippen LogP contribution in [0.25, 0.3) is 0 Å². The first kappa shape index (κ1) is 16.7. The number of ether oxygens (including phenoxy) is 1. The molecular weight excluding hydrogens is 322 g/mol. The zero-order chi connectivity index (χ0) is 17.7. The summed E-state index contributed by atoms with van der Waals surface area (Å²) in [7, 11) is 0. The van der Waals surface area contributed by atoms with Gasteiger partial charge in [-0.2, -0.15) is 5.10 Å². The number of rotatable bonds is 1. The first-order valence-corrected chi connectivity index (χ1v) is 7.76. The summed E-state index contributed by atoms with van der Waals surface area (Å²) < 4.78 is 32.7. The summed E-state index contributed by atoms with van der Waals surface area (Å²) >= 11 is 0. The number of carbonyl (C=O) groups excluding carboxylic acids is 2. The quantitative estimate of drug-likeness (QED) is 0.779. The van der Waals surface area contributed by atoms with Crippen molar-refractivity contribution in [1.29, 1.82) is 0 Å². The van der Waals surface area contributed by atoms with E-state index in [9.17, 15) is 18.4 Å². The van der Waals surface area contributed by atoms with Crippen LogP contribution in [0.3, 0.4) is 0 Å². The predicted octanol–water partition coefficient (Wildman–Crippen LogP) is 1.72. The molecule has 1 fully saturated rings. The molecule has 1 aromatic rings. The SMILES string of the molecule is CC(C)(C)OC(=O)N1CCn2nc(C(=O)N3CC(F)(F)C3)cc2C1. The molecule has 0 aliphatic carbocycles. The summed E-state index contributed by atoms with van der Waals surface area (Å²) in [5.41, 5.74) is 0.229. The van der Waals surface area contributed by atoms with E-state index in [2.05, 4.69) is 5.10 Å². The lowest BCUT2D eigenvalue weighted by molar-refractivity contribution is -0.113. The van der Waals surface area contributed by atoms with E-state index in [1.807, 2.05) is 0 Å². The van der Waals surface area contributed by atoms with Gasteiger partial charge in [0.05, 0.1) is 31.9 Å². The molecule has 0 N–H and O–H groups in total. The Labute approximate surface area is 138 Å². The van der Waals surface area contributed by atoms with Crippen molar-refractivity contribution in [2.24, 2.45) is 0 Å². The van der Waals surface area contributed by atoms with Crippen LogP contribution in [0.4, 0.5) is 13.6 Å². The first-order valence-electron chi connectivity index (χ1n) is 7.76. The molecule has 9 heteroatoms. The van der Waals surface area contributed by atoms with Gasteiger partial charge < -0.3 is 14.5 Å². The Hall–Kier alpha value is -2.19. The van der Waals surface area contributed by atoms with Crippen molar-refractivity contribution >= 4 is 12.0 Å². The third-order valence-corrected chi connectivity index (χ3v) is 3.80. The molecule has 0 unspecified atom stereocenters. The molecule has 1 saturated heterocycles. The Morgan fingerprint density at radius 3 is 2.46 bits per heavy atom. The highest BCUT2D eigenvalue weighted by Gasteiger charge is 2.47. The van der Waals surface area contributed by atoms with Gasteiger partial charge in [0, 0.05) is 6.54 Å². The average molecular weight is 342 g/mol. The Balaban J connectivity index is 1.67. The van der Waals surface area contributed by atoms with E-state index >= 15 is 0 Å². The molecular formula is C15H20F2N4O3. The van der Waals surface area contributed by atoms with E-state index in [4.69, 9.17) is 4.74 Å².